The van der Waals surface area contributed by atoms with Gasteiger partial charge >= 0.3 is 5.97 Å². The van der Waals surface area contributed by atoms with E-state index in [4.69, 9.17) is 4.74 Å². The molecule has 0 spiro atoms. The van der Waals surface area contributed by atoms with E-state index < -0.39 is 17.8 Å². The summed E-state index contributed by atoms with van der Waals surface area (Å²) in [6, 6.07) is 8.36. The lowest BCUT2D eigenvalue weighted by molar-refractivity contribution is -0.156. The molecule has 5 heteroatoms. The number of aliphatic hydroxyl groups excluding tert-OH is 1. The zero-order valence-corrected chi connectivity index (χ0v) is 18.1. The largest absolute Gasteiger partial charge is 0.458 e. The lowest BCUT2D eigenvalue weighted by atomic mass is 9.65. The van der Waals surface area contributed by atoms with E-state index in [1.807, 2.05) is 33.2 Å². The molecule has 1 aliphatic heterocycles. The fraction of sp³-hybridized carbons (Fsp3) is 0.542. The molecule has 1 aromatic rings. The number of aliphatic hydroxyl groups is 2. The highest BCUT2D eigenvalue weighted by Crippen LogP contribution is 2.48. The fourth-order valence-corrected chi connectivity index (χ4v) is 4.67. The van der Waals surface area contributed by atoms with Gasteiger partial charge in [0.25, 0.3) is 0 Å². The van der Waals surface area contributed by atoms with Crippen LogP contribution in [0.3, 0.4) is 0 Å². The maximum Gasteiger partial charge on any atom is 0.309 e. The average Bonchev–Trinajstić information content (AvgIpc) is 2.58. The SMILES string of the molecule is CN(C)c1ccc(C2=C(/C=C/[C@@H]3C[C@@H](O)CC(=O)O3)C(C)(C)CC(C)(O)C2)cc1. The van der Waals surface area contributed by atoms with Crippen LogP contribution in [0.15, 0.2) is 42.0 Å². The Labute approximate surface area is 173 Å². The van der Waals surface area contributed by atoms with Crippen LogP contribution in [-0.4, -0.2) is 48.1 Å². The van der Waals surface area contributed by atoms with E-state index in [2.05, 4.69) is 43.0 Å². The molecule has 0 radical (unpaired) electrons. The first-order chi connectivity index (χ1) is 13.5. The lowest BCUT2D eigenvalue weighted by Crippen LogP contribution is -2.37. The van der Waals surface area contributed by atoms with Crippen molar-refractivity contribution in [2.45, 2.75) is 64.3 Å². The Balaban J connectivity index is 2.00. The van der Waals surface area contributed by atoms with Crippen LogP contribution in [0, 0.1) is 5.41 Å². The van der Waals surface area contributed by atoms with E-state index >= 15 is 0 Å². The topological polar surface area (TPSA) is 70.0 Å². The average molecular weight is 400 g/mol. The van der Waals surface area contributed by atoms with Gasteiger partial charge in [-0.05, 0) is 53.7 Å². The highest BCUT2D eigenvalue weighted by atomic mass is 16.5. The molecular weight excluding hydrogens is 366 g/mol. The predicted octanol–water partition coefficient (Wildman–Crippen LogP) is 3.70. The molecular formula is C24H33NO4. The minimum Gasteiger partial charge on any atom is -0.458 e. The molecule has 5 nitrogen and oxygen atoms in total. The molecule has 158 valence electrons. The number of esters is 1. The Morgan fingerprint density at radius 2 is 1.83 bits per heavy atom. The zero-order chi connectivity index (χ0) is 21.4. The first-order valence-corrected chi connectivity index (χ1v) is 10.3. The maximum atomic E-state index is 11.7. The summed E-state index contributed by atoms with van der Waals surface area (Å²) in [7, 11) is 4.02. The van der Waals surface area contributed by atoms with Crippen molar-refractivity contribution in [3.05, 3.63) is 47.6 Å². The minimum atomic E-state index is -0.788. The molecule has 3 atom stereocenters. The summed E-state index contributed by atoms with van der Waals surface area (Å²) in [5.41, 5.74) is 3.42. The number of cyclic esters (lactones) is 1. The summed E-state index contributed by atoms with van der Waals surface area (Å²) in [6.45, 7) is 6.16. The second kappa shape index (κ2) is 7.96. The molecule has 1 saturated heterocycles. The van der Waals surface area contributed by atoms with Crippen molar-refractivity contribution in [3.63, 3.8) is 0 Å². The third-order valence-corrected chi connectivity index (χ3v) is 5.83. The number of hydrogen-bond donors (Lipinski definition) is 2. The molecule has 2 aliphatic rings. The molecule has 1 unspecified atom stereocenters. The number of anilines is 1. The third kappa shape index (κ3) is 5.09. The van der Waals surface area contributed by atoms with Crippen molar-refractivity contribution >= 4 is 17.2 Å². The molecule has 0 bridgehead atoms. The minimum absolute atomic E-state index is 0.0604. The van der Waals surface area contributed by atoms with Gasteiger partial charge in [-0.15, -0.1) is 0 Å². The van der Waals surface area contributed by atoms with Crippen molar-refractivity contribution in [3.8, 4) is 0 Å². The maximum absolute atomic E-state index is 11.7. The van der Waals surface area contributed by atoms with E-state index in [0.29, 0.717) is 19.3 Å². The lowest BCUT2D eigenvalue weighted by Gasteiger charge is -2.42. The molecule has 1 heterocycles. The smallest absolute Gasteiger partial charge is 0.309 e. The van der Waals surface area contributed by atoms with Crippen LogP contribution in [-0.2, 0) is 9.53 Å². The Morgan fingerprint density at radius 1 is 1.17 bits per heavy atom. The number of nitrogens with zero attached hydrogens (tertiary/aromatic N) is 1. The zero-order valence-electron chi connectivity index (χ0n) is 18.1. The van der Waals surface area contributed by atoms with Crippen molar-refractivity contribution in [2.75, 3.05) is 19.0 Å². The van der Waals surface area contributed by atoms with Crippen LogP contribution in [0.2, 0.25) is 0 Å². The van der Waals surface area contributed by atoms with E-state index in [9.17, 15) is 15.0 Å². The third-order valence-electron chi connectivity index (χ3n) is 5.83. The number of carbonyl (C=O) groups is 1. The van der Waals surface area contributed by atoms with Crippen molar-refractivity contribution < 1.29 is 19.7 Å². The molecule has 3 rings (SSSR count). The van der Waals surface area contributed by atoms with Crippen LogP contribution in [0.1, 0.15) is 52.0 Å². The summed E-state index contributed by atoms with van der Waals surface area (Å²) < 4.78 is 5.38. The number of hydrogen-bond acceptors (Lipinski definition) is 5. The van der Waals surface area contributed by atoms with Crippen LogP contribution < -0.4 is 4.90 Å². The van der Waals surface area contributed by atoms with Crippen LogP contribution >= 0.6 is 0 Å². The monoisotopic (exact) mass is 399 g/mol. The number of benzene rings is 1. The van der Waals surface area contributed by atoms with Gasteiger partial charge in [-0.25, -0.2) is 0 Å². The van der Waals surface area contributed by atoms with Gasteiger partial charge in [0.2, 0.25) is 0 Å². The predicted molar refractivity (Wildman–Crippen MR) is 116 cm³/mol. The van der Waals surface area contributed by atoms with Gasteiger partial charge in [-0.3, -0.25) is 4.79 Å². The van der Waals surface area contributed by atoms with Crippen molar-refractivity contribution in [1.82, 2.24) is 0 Å². The highest BCUT2D eigenvalue weighted by molar-refractivity contribution is 5.75. The number of carbonyl (C=O) groups excluding carboxylic acids is 1. The quantitative estimate of drug-likeness (QED) is 0.756. The molecule has 0 saturated carbocycles. The van der Waals surface area contributed by atoms with Gasteiger partial charge in [0, 0.05) is 32.6 Å². The Kier molecular flexibility index (Phi) is 5.93. The van der Waals surface area contributed by atoms with Gasteiger partial charge in [0.1, 0.15) is 6.10 Å². The fourth-order valence-electron chi connectivity index (χ4n) is 4.67. The molecule has 0 aromatic heterocycles. The molecule has 0 amide bonds. The molecule has 1 aromatic carbocycles. The molecule has 1 fully saturated rings. The van der Waals surface area contributed by atoms with Crippen molar-refractivity contribution in [2.24, 2.45) is 5.41 Å². The standard InChI is InChI=1S/C24H33NO4/c1-23(2)15-24(3,28)14-20(16-6-8-17(9-7-16)25(4)5)21(23)11-10-19-12-18(26)13-22(27)29-19/h6-11,18-19,26,28H,12-15H2,1-5H3/b11-10+/t18-,19-,24?/m1/s1. The van der Waals surface area contributed by atoms with Gasteiger partial charge < -0.3 is 19.8 Å². The number of allylic oxidation sites excluding steroid dienone is 2. The number of rotatable bonds is 4. The Morgan fingerprint density at radius 3 is 2.41 bits per heavy atom. The highest BCUT2D eigenvalue weighted by Gasteiger charge is 2.40. The van der Waals surface area contributed by atoms with Gasteiger partial charge in [-0.2, -0.15) is 0 Å². The summed E-state index contributed by atoms with van der Waals surface area (Å²) >= 11 is 0. The Bertz CT molecular complexity index is 818. The van der Waals surface area contributed by atoms with Gasteiger partial charge in [-0.1, -0.05) is 32.1 Å². The summed E-state index contributed by atoms with van der Waals surface area (Å²) in [5, 5.41) is 20.8. The first kappa shape index (κ1) is 21.6. The Hall–Kier alpha value is -2.11. The van der Waals surface area contributed by atoms with E-state index in [1.54, 1.807) is 0 Å². The van der Waals surface area contributed by atoms with Crippen molar-refractivity contribution in [1.29, 1.82) is 0 Å². The summed E-state index contributed by atoms with van der Waals surface area (Å²) in [5.74, 6) is -0.363. The van der Waals surface area contributed by atoms with Gasteiger partial charge in [0.05, 0.1) is 18.1 Å². The molecule has 1 aliphatic carbocycles. The second-order valence-corrected chi connectivity index (χ2v) is 9.55. The first-order valence-electron chi connectivity index (χ1n) is 10.3. The molecule has 2 N–H and O–H groups in total. The van der Waals surface area contributed by atoms with Crippen LogP contribution in [0.4, 0.5) is 5.69 Å². The summed E-state index contributed by atoms with van der Waals surface area (Å²) in [6.07, 6.45) is 4.51. The normalized spacial score (nSPS) is 29.8. The van der Waals surface area contributed by atoms with E-state index in [-0.39, 0.29) is 17.8 Å². The number of ether oxygens (including phenoxy) is 1. The van der Waals surface area contributed by atoms with E-state index in [1.165, 1.54) is 0 Å². The van der Waals surface area contributed by atoms with Gasteiger partial charge in [0.15, 0.2) is 0 Å². The van der Waals surface area contributed by atoms with Crippen LogP contribution in [0.25, 0.3) is 5.57 Å². The molecule has 29 heavy (non-hydrogen) atoms. The second-order valence-electron chi connectivity index (χ2n) is 9.55. The van der Waals surface area contributed by atoms with Crippen LogP contribution in [0.5, 0.6) is 0 Å². The summed E-state index contributed by atoms with van der Waals surface area (Å²) in [4.78, 5) is 13.7. The van der Waals surface area contributed by atoms with E-state index in [0.717, 1.165) is 22.4 Å².